The van der Waals surface area contributed by atoms with Crippen LogP contribution in [0.5, 0.6) is 0 Å². The highest BCUT2D eigenvalue weighted by Crippen LogP contribution is 2.36. The lowest BCUT2D eigenvalue weighted by Gasteiger charge is -2.28. The number of pyridine rings is 1. The number of rotatable bonds is 7. The number of nitrogens with zero attached hydrogens (tertiary/aromatic N) is 3. The first kappa shape index (κ1) is 25.9. The Morgan fingerprint density at radius 1 is 1.08 bits per heavy atom. The summed E-state index contributed by atoms with van der Waals surface area (Å²) in [5, 5.41) is 18.1. The highest BCUT2D eigenvalue weighted by atomic mass is 19.1. The van der Waals surface area contributed by atoms with Crippen LogP contribution in [0.25, 0.3) is 22.2 Å². The summed E-state index contributed by atoms with van der Waals surface area (Å²) in [4.78, 5) is 13.4. The number of anilines is 1. The molecule has 198 valence electrons. The van der Waals surface area contributed by atoms with Crippen molar-refractivity contribution in [2.45, 2.75) is 70.7 Å². The van der Waals surface area contributed by atoms with Crippen LogP contribution in [0.1, 0.15) is 55.7 Å². The number of benzene rings is 1. The Morgan fingerprint density at radius 2 is 1.86 bits per heavy atom. The van der Waals surface area contributed by atoms with Crippen molar-refractivity contribution < 1.29 is 19.0 Å². The van der Waals surface area contributed by atoms with E-state index in [1.807, 2.05) is 25.3 Å². The number of hydrogen-bond acceptors (Lipinski definition) is 8. The summed E-state index contributed by atoms with van der Waals surface area (Å²) < 4.78 is 25.9. The molecule has 0 unspecified atom stereocenters. The van der Waals surface area contributed by atoms with Crippen LogP contribution < -0.4 is 10.6 Å². The van der Waals surface area contributed by atoms with E-state index < -0.39 is 11.9 Å². The molecule has 2 aromatic heterocycles. The highest BCUT2D eigenvalue weighted by Gasteiger charge is 2.25. The van der Waals surface area contributed by atoms with E-state index in [9.17, 15) is 5.11 Å². The van der Waals surface area contributed by atoms with Crippen LogP contribution >= 0.6 is 0 Å². The number of aliphatic hydroxyl groups excluding tert-OH is 1. The second-order valence-corrected chi connectivity index (χ2v) is 10.3. The first-order chi connectivity index (χ1) is 17.9. The lowest BCUT2D eigenvalue weighted by Crippen LogP contribution is -2.42. The number of ether oxygens (including phenoxy) is 2. The molecule has 3 N–H and O–H groups in total. The van der Waals surface area contributed by atoms with Crippen LogP contribution in [0.4, 0.5) is 10.3 Å². The quantitative estimate of drug-likeness (QED) is 0.438. The zero-order chi connectivity index (χ0) is 25.9. The van der Waals surface area contributed by atoms with Gasteiger partial charge in [0.1, 0.15) is 5.69 Å². The van der Waals surface area contributed by atoms with Crippen molar-refractivity contribution in [3.8, 4) is 11.3 Å². The van der Waals surface area contributed by atoms with Gasteiger partial charge in [-0.25, -0.2) is 14.4 Å². The van der Waals surface area contributed by atoms with E-state index in [4.69, 9.17) is 14.5 Å². The molecule has 0 radical (unpaired) electrons. The molecule has 37 heavy (non-hydrogen) atoms. The maximum atomic E-state index is 15.1. The molecule has 9 heteroatoms. The van der Waals surface area contributed by atoms with Gasteiger partial charge in [-0.05, 0) is 54.9 Å². The second kappa shape index (κ2) is 11.3. The van der Waals surface area contributed by atoms with Crippen molar-refractivity contribution in [1.82, 2.24) is 20.3 Å². The van der Waals surface area contributed by atoms with Crippen molar-refractivity contribution in [2.24, 2.45) is 0 Å². The van der Waals surface area contributed by atoms with Crippen LogP contribution in [0, 0.1) is 12.7 Å². The van der Waals surface area contributed by atoms with Gasteiger partial charge in [0.15, 0.2) is 5.82 Å². The Bertz CT molecular complexity index is 1250. The predicted molar refractivity (Wildman–Crippen MR) is 141 cm³/mol. The predicted octanol–water partition coefficient (Wildman–Crippen LogP) is 4.09. The van der Waals surface area contributed by atoms with E-state index in [1.54, 1.807) is 0 Å². The Morgan fingerprint density at radius 3 is 2.62 bits per heavy atom. The Hall–Kier alpha value is -2.72. The minimum atomic E-state index is -0.666. The van der Waals surface area contributed by atoms with Crippen LogP contribution in [0.3, 0.4) is 0 Å². The van der Waals surface area contributed by atoms with E-state index in [2.05, 4.69) is 34.4 Å². The molecule has 5 rings (SSSR count). The van der Waals surface area contributed by atoms with Gasteiger partial charge in [0.05, 0.1) is 30.5 Å². The van der Waals surface area contributed by atoms with E-state index in [0.29, 0.717) is 30.6 Å². The third kappa shape index (κ3) is 5.60. The van der Waals surface area contributed by atoms with E-state index >= 15 is 4.39 Å². The Labute approximate surface area is 217 Å². The standard InChI is InChI=1S/C28H36FN5O3/c1-16(2)25-18(12-30-19-6-9-36-10-7-19)13-31-23-5-4-20(17(3)26(23)25)27-21(29)14-32-28(34-27)33-22-8-11-37-15-24(22)35/h4-5,13-14,16,19,22,24,30,35H,6-12,15H2,1-3H3,(H,32,33,34)/t22-,24-/m1/s1. The van der Waals surface area contributed by atoms with Crippen LogP contribution in [0.2, 0.25) is 0 Å². The summed E-state index contributed by atoms with van der Waals surface area (Å²) in [6.45, 7) is 9.50. The molecular weight excluding hydrogens is 473 g/mol. The van der Waals surface area contributed by atoms with Gasteiger partial charge in [0.2, 0.25) is 5.95 Å². The van der Waals surface area contributed by atoms with Gasteiger partial charge in [-0.1, -0.05) is 19.9 Å². The molecule has 1 aromatic carbocycles. The number of aliphatic hydroxyl groups is 1. The van der Waals surface area contributed by atoms with Crippen molar-refractivity contribution in [1.29, 1.82) is 0 Å². The molecule has 2 aliphatic rings. The van der Waals surface area contributed by atoms with Gasteiger partial charge < -0.3 is 25.2 Å². The van der Waals surface area contributed by atoms with Crippen molar-refractivity contribution in [3.05, 3.63) is 47.0 Å². The smallest absolute Gasteiger partial charge is 0.223 e. The van der Waals surface area contributed by atoms with E-state index in [1.165, 1.54) is 11.8 Å². The summed E-state index contributed by atoms with van der Waals surface area (Å²) in [7, 11) is 0. The van der Waals surface area contributed by atoms with Crippen LogP contribution in [0.15, 0.2) is 24.5 Å². The molecule has 2 aliphatic heterocycles. The SMILES string of the molecule is Cc1c(-c2nc(N[C@@H]3CCOC[C@H]3O)ncc2F)ccc2ncc(CNC3CCOCC3)c(C(C)C)c12. The molecule has 2 saturated heterocycles. The maximum Gasteiger partial charge on any atom is 0.223 e. The summed E-state index contributed by atoms with van der Waals surface area (Å²) >= 11 is 0. The van der Waals surface area contributed by atoms with E-state index in [-0.39, 0.29) is 24.3 Å². The fraction of sp³-hybridized carbons (Fsp3) is 0.536. The molecule has 2 fully saturated rings. The summed E-state index contributed by atoms with van der Waals surface area (Å²) in [5.41, 5.74) is 5.16. The summed E-state index contributed by atoms with van der Waals surface area (Å²) in [5.74, 6) is 0.0591. The van der Waals surface area contributed by atoms with Crippen molar-refractivity contribution in [3.63, 3.8) is 0 Å². The number of halogens is 1. The molecule has 0 aliphatic carbocycles. The molecule has 3 aromatic rings. The van der Waals surface area contributed by atoms with Gasteiger partial charge in [-0.2, -0.15) is 0 Å². The van der Waals surface area contributed by atoms with E-state index in [0.717, 1.165) is 54.6 Å². The number of hydrogen-bond donors (Lipinski definition) is 3. The monoisotopic (exact) mass is 509 g/mol. The minimum Gasteiger partial charge on any atom is -0.389 e. The Balaban J connectivity index is 1.51. The zero-order valence-electron chi connectivity index (χ0n) is 21.8. The molecule has 0 saturated carbocycles. The van der Waals surface area contributed by atoms with Crippen molar-refractivity contribution >= 4 is 16.9 Å². The molecule has 0 spiro atoms. The topological polar surface area (TPSA) is 101 Å². The minimum absolute atomic E-state index is 0.235. The maximum absolute atomic E-state index is 15.1. The first-order valence-corrected chi connectivity index (χ1v) is 13.2. The summed E-state index contributed by atoms with van der Waals surface area (Å²) in [6.07, 6.45) is 5.14. The van der Waals surface area contributed by atoms with Gasteiger partial charge in [0, 0.05) is 49.6 Å². The van der Waals surface area contributed by atoms with Crippen LogP contribution in [-0.4, -0.2) is 64.7 Å². The van der Waals surface area contributed by atoms with Crippen molar-refractivity contribution in [2.75, 3.05) is 31.7 Å². The third-order valence-corrected chi connectivity index (χ3v) is 7.44. The first-order valence-electron chi connectivity index (χ1n) is 13.2. The van der Waals surface area contributed by atoms with Gasteiger partial charge in [-0.15, -0.1) is 0 Å². The number of aryl methyl sites for hydroxylation is 1. The lowest BCUT2D eigenvalue weighted by molar-refractivity contribution is -0.0136. The lowest BCUT2D eigenvalue weighted by atomic mass is 9.89. The van der Waals surface area contributed by atoms with Crippen LogP contribution in [-0.2, 0) is 16.0 Å². The largest absolute Gasteiger partial charge is 0.389 e. The molecule has 2 atom stereocenters. The third-order valence-electron chi connectivity index (χ3n) is 7.44. The fourth-order valence-corrected chi connectivity index (χ4v) is 5.42. The molecule has 4 heterocycles. The average molecular weight is 510 g/mol. The highest BCUT2D eigenvalue weighted by molar-refractivity contribution is 5.92. The normalized spacial score (nSPS) is 21.0. The summed E-state index contributed by atoms with van der Waals surface area (Å²) in [6, 6.07) is 4.02. The molecule has 0 bridgehead atoms. The van der Waals surface area contributed by atoms with Gasteiger partial charge >= 0.3 is 0 Å². The zero-order valence-corrected chi connectivity index (χ0v) is 21.8. The fourth-order valence-electron chi connectivity index (χ4n) is 5.42. The van der Waals surface area contributed by atoms with Gasteiger partial charge in [-0.3, -0.25) is 4.98 Å². The molecule has 0 amide bonds. The number of fused-ring (bicyclic) bond motifs is 1. The number of aromatic nitrogens is 3. The Kier molecular flexibility index (Phi) is 7.95. The number of nitrogens with one attached hydrogen (secondary N) is 2. The average Bonchev–Trinajstić information content (AvgIpc) is 2.90. The molecular formula is C28H36FN5O3. The molecule has 8 nitrogen and oxygen atoms in total. The second-order valence-electron chi connectivity index (χ2n) is 10.3. The van der Waals surface area contributed by atoms with Gasteiger partial charge in [0.25, 0.3) is 0 Å².